The van der Waals surface area contributed by atoms with Crippen LogP contribution < -0.4 is 31.8 Å². The number of hydrogen-bond acceptors (Lipinski definition) is 0. The van der Waals surface area contributed by atoms with Crippen LogP contribution in [0, 0.1) is 53.7 Å². The van der Waals surface area contributed by atoms with Gasteiger partial charge in [0.05, 0.1) is 0 Å². The second-order valence-electron chi connectivity index (χ2n) is 18.5. The Labute approximate surface area is 449 Å². The van der Waals surface area contributed by atoms with Gasteiger partial charge in [0.1, 0.15) is 0 Å². The summed E-state index contributed by atoms with van der Waals surface area (Å²) in [4.78, 5) is 0. The van der Waals surface area contributed by atoms with E-state index in [-0.39, 0.29) is 10.8 Å². The first-order chi connectivity index (χ1) is 32.6. The summed E-state index contributed by atoms with van der Waals surface area (Å²) in [6, 6.07) is 75.1. The zero-order valence-corrected chi connectivity index (χ0v) is 49.8. The van der Waals surface area contributed by atoms with Crippen LogP contribution >= 0.6 is 42.7 Å². The molecule has 0 saturated heterocycles. The van der Waals surface area contributed by atoms with Crippen molar-refractivity contribution in [1.82, 2.24) is 0 Å². The first-order valence-electron chi connectivity index (χ1n) is 22.7. The van der Waals surface area contributed by atoms with Gasteiger partial charge in [-0.25, -0.2) is 0 Å². The molecule has 0 amide bonds. The van der Waals surface area contributed by atoms with Crippen molar-refractivity contribution >= 4 is 74.5 Å². The van der Waals surface area contributed by atoms with E-state index in [2.05, 4.69) is 326 Å². The summed E-state index contributed by atoms with van der Waals surface area (Å²) >= 11 is 10.7. The van der Waals surface area contributed by atoms with E-state index in [9.17, 15) is 0 Å². The van der Waals surface area contributed by atoms with E-state index in [4.69, 9.17) is 0 Å². The summed E-state index contributed by atoms with van der Waals surface area (Å²) in [5.41, 5.74) is 11.5. The number of hydrogen-bond donors (Lipinski definition) is 0. The van der Waals surface area contributed by atoms with Crippen LogP contribution in [-0.2, 0) is 45.2 Å². The van der Waals surface area contributed by atoms with Crippen molar-refractivity contribution in [3.63, 3.8) is 0 Å². The minimum absolute atomic E-state index is 0.273. The molecular formula is C62H68Br2P2Pd2. The Balaban J connectivity index is 0.000000248. The van der Waals surface area contributed by atoms with Crippen molar-refractivity contribution < 1.29 is 34.4 Å². The topological polar surface area (TPSA) is 0 Å². The predicted octanol–water partition coefficient (Wildman–Crippen LogP) is 16.0. The predicted molar refractivity (Wildman–Crippen MR) is 305 cm³/mol. The van der Waals surface area contributed by atoms with Crippen molar-refractivity contribution in [2.75, 3.05) is 0 Å². The maximum absolute atomic E-state index is 3.00. The van der Waals surface area contributed by atoms with Crippen molar-refractivity contribution in [2.45, 2.75) is 93.9 Å². The van der Waals surface area contributed by atoms with Gasteiger partial charge in [-0.2, -0.15) is 71.8 Å². The molecule has 0 heterocycles. The molecule has 0 unspecified atom stereocenters. The molecule has 0 atom stereocenters. The molecule has 0 aromatic heterocycles. The Morgan fingerprint density at radius 1 is 0.294 bits per heavy atom. The molecule has 8 aromatic rings. The zero-order chi connectivity index (χ0) is 50.3. The van der Waals surface area contributed by atoms with Crippen LogP contribution in [0.4, 0.5) is 0 Å². The third-order valence-corrected chi connectivity index (χ3v) is 17.2. The molecule has 360 valence electrons. The fourth-order valence-electron chi connectivity index (χ4n) is 7.44. The Bertz CT molecular complexity index is 2270. The second-order valence-corrected chi connectivity index (χ2v) is 22.7. The van der Waals surface area contributed by atoms with Crippen molar-refractivity contribution in [3.8, 4) is 0 Å². The average molecular weight is 1250 g/mol. The standard InChI is InChI=1S/2C21H21P.2C10H13.2BrH.2Pd/c2*1-16-10-4-7-13-19(16)22(20-14-8-5-11-17(20)2)21-15-9-6-12-18(21)3;2*1-10(2,3)9-7-5-4-6-8-9;;;;/h2*4-15H,1-3H3;2*5-8H,1-3H3;2*1H;;/q;;2*-1;;;2*+2/p-2. The Morgan fingerprint density at radius 2 is 0.456 bits per heavy atom. The molecule has 0 aliphatic heterocycles. The molecular weight excluding hydrogens is 1180 g/mol. The monoisotopic (exact) mass is 1240 g/mol. The van der Waals surface area contributed by atoms with Crippen LogP contribution in [0.25, 0.3) is 0 Å². The molecule has 0 aliphatic carbocycles. The molecule has 0 spiro atoms. The van der Waals surface area contributed by atoms with Crippen molar-refractivity contribution in [1.29, 1.82) is 0 Å². The maximum atomic E-state index is 3.00. The van der Waals surface area contributed by atoms with Gasteiger partial charge in [0.15, 0.2) is 0 Å². The van der Waals surface area contributed by atoms with Gasteiger partial charge in [-0.3, -0.25) is 0 Å². The Morgan fingerprint density at radius 3 is 0.588 bits per heavy atom. The number of rotatable bonds is 6. The number of aryl methyl sites for hydroxylation is 6. The minimum atomic E-state index is -0.508. The molecule has 0 bridgehead atoms. The second kappa shape index (κ2) is 30.6. The van der Waals surface area contributed by atoms with E-state index in [1.807, 2.05) is 24.3 Å². The Hall–Kier alpha value is -3.10. The van der Waals surface area contributed by atoms with Crippen molar-refractivity contribution in [2.24, 2.45) is 0 Å². The summed E-state index contributed by atoms with van der Waals surface area (Å²) in [5.74, 6) is 0. The first kappa shape index (κ1) is 59.2. The summed E-state index contributed by atoms with van der Waals surface area (Å²) in [7, 11) is -1.02. The molecule has 68 heavy (non-hydrogen) atoms. The van der Waals surface area contributed by atoms with Crippen LogP contribution in [-0.4, -0.2) is 0 Å². The van der Waals surface area contributed by atoms with Crippen molar-refractivity contribution in [3.05, 3.63) is 251 Å². The van der Waals surface area contributed by atoms with Gasteiger partial charge in [-0.05, 0) is 133 Å². The zero-order valence-electron chi connectivity index (χ0n) is 41.8. The number of halogens is 2. The van der Waals surface area contributed by atoms with E-state index in [0.717, 1.165) is 0 Å². The van der Waals surface area contributed by atoms with E-state index >= 15 is 0 Å². The first-order valence-corrected chi connectivity index (χ1v) is 32.5. The Kier molecular flexibility index (Phi) is 26.6. The summed E-state index contributed by atoms with van der Waals surface area (Å²) < 4.78 is 0. The quantitative estimate of drug-likeness (QED) is 0.0884. The van der Waals surface area contributed by atoms with Crippen LogP contribution in [0.2, 0.25) is 0 Å². The van der Waals surface area contributed by atoms with Crippen LogP contribution in [0.5, 0.6) is 0 Å². The van der Waals surface area contributed by atoms with Gasteiger partial charge in [0.2, 0.25) is 0 Å². The average Bonchev–Trinajstić information content (AvgIpc) is 3.34. The molecule has 0 aliphatic rings. The summed E-state index contributed by atoms with van der Waals surface area (Å²) in [6.07, 6.45) is 0. The van der Waals surface area contributed by atoms with E-state index in [1.165, 1.54) is 76.3 Å². The summed E-state index contributed by atoms with van der Waals surface area (Å²) in [5, 5.41) is 8.76. The fourth-order valence-corrected chi connectivity index (χ4v) is 13.0. The molecule has 0 saturated carbocycles. The molecule has 0 fully saturated rings. The normalized spacial score (nSPS) is 10.6. The van der Waals surface area contributed by atoms with Gasteiger partial charge in [0.25, 0.3) is 0 Å². The van der Waals surface area contributed by atoms with E-state index < -0.39 is 15.8 Å². The van der Waals surface area contributed by atoms with Crippen LogP contribution in [0.3, 0.4) is 0 Å². The SMILES string of the molecule is CC(C)(C)c1cc[c-]cc1.CC(C)(C)c1cc[c-]cc1.Cc1ccccc1P(c1ccccc1C)c1ccccc1C.Cc1ccccc1P(c1ccccc1C)c1ccccc1C.[Br][Pd+].[Br][Pd+]. The third kappa shape index (κ3) is 18.3. The van der Waals surface area contributed by atoms with Gasteiger partial charge in [0, 0.05) is 0 Å². The molecule has 0 N–H and O–H groups in total. The fraction of sp³-hybridized carbons (Fsp3) is 0.226. The molecule has 0 radical (unpaired) electrons. The molecule has 8 aromatic carbocycles. The molecule has 8 rings (SSSR count). The van der Waals surface area contributed by atoms with Crippen LogP contribution in [0.1, 0.15) is 86.1 Å². The van der Waals surface area contributed by atoms with Crippen LogP contribution in [0.15, 0.2) is 194 Å². The van der Waals surface area contributed by atoms with Gasteiger partial charge >= 0.3 is 61.2 Å². The number of benzene rings is 8. The van der Waals surface area contributed by atoms with Gasteiger partial charge < -0.3 is 0 Å². The third-order valence-electron chi connectivity index (χ3n) is 11.3. The van der Waals surface area contributed by atoms with E-state index in [1.54, 1.807) is 0 Å². The summed E-state index contributed by atoms with van der Waals surface area (Å²) in [6.45, 7) is 26.6. The van der Waals surface area contributed by atoms with Gasteiger partial charge in [-0.15, -0.1) is 0 Å². The molecule has 0 nitrogen and oxygen atoms in total. The van der Waals surface area contributed by atoms with E-state index in [0.29, 0.717) is 0 Å². The van der Waals surface area contributed by atoms with Gasteiger partial charge in [-0.1, -0.05) is 187 Å². The molecule has 6 heteroatoms.